The highest BCUT2D eigenvalue weighted by atomic mass is 16.5. The van der Waals surface area contributed by atoms with Gasteiger partial charge in [0.05, 0.1) is 12.8 Å². The zero-order valence-corrected chi connectivity index (χ0v) is 12.7. The minimum absolute atomic E-state index is 0.348. The van der Waals surface area contributed by atoms with E-state index in [2.05, 4.69) is 30.0 Å². The molecule has 0 spiro atoms. The number of hydrogen-bond acceptors (Lipinski definition) is 4. The van der Waals surface area contributed by atoms with E-state index in [9.17, 15) is 0 Å². The number of methoxy groups -OCH3 is 1. The fraction of sp³-hybridized carbons (Fsp3) is 0.471. The van der Waals surface area contributed by atoms with Gasteiger partial charge in [-0.3, -0.25) is 4.90 Å². The summed E-state index contributed by atoms with van der Waals surface area (Å²) in [4.78, 5) is 7.26. The summed E-state index contributed by atoms with van der Waals surface area (Å²) in [7, 11) is 1.69. The van der Waals surface area contributed by atoms with Gasteiger partial charge in [0.25, 0.3) is 0 Å². The number of nitrogens with two attached hydrogens (primary N) is 1. The van der Waals surface area contributed by atoms with Gasteiger partial charge in [0.1, 0.15) is 11.3 Å². The zero-order valence-electron chi connectivity index (χ0n) is 12.7. The van der Waals surface area contributed by atoms with Gasteiger partial charge >= 0.3 is 0 Å². The van der Waals surface area contributed by atoms with Crippen LogP contribution in [0.1, 0.15) is 25.5 Å². The van der Waals surface area contributed by atoms with Crippen LogP contribution in [0.25, 0.3) is 10.9 Å². The number of pyridine rings is 1. The van der Waals surface area contributed by atoms with Crippen molar-refractivity contribution in [2.45, 2.75) is 38.4 Å². The number of ether oxygens (including phenoxy) is 1. The Balaban J connectivity index is 1.84. The SMILES string of the molecule is COc1cccc2ccc(CN3CCC(N)CC3C)nc12. The molecule has 3 rings (SSSR count). The number of rotatable bonds is 3. The molecule has 2 aromatic rings. The van der Waals surface area contributed by atoms with E-state index in [1.165, 1.54) is 0 Å². The smallest absolute Gasteiger partial charge is 0.145 e. The first kappa shape index (κ1) is 14.3. The van der Waals surface area contributed by atoms with Crippen LogP contribution in [0.2, 0.25) is 0 Å². The number of likely N-dealkylation sites (tertiary alicyclic amines) is 1. The first-order valence-electron chi connectivity index (χ1n) is 7.59. The molecule has 1 aromatic carbocycles. The molecule has 0 bridgehead atoms. The number of fused-ring (bicyclic) bond motifs is 1. The van der Waals surface area contributed by atoms with Crippen LogP contribution >= 0.6 is 0 Å². The Labute approximate surface area is 125 Å². The van der Waals surface area contributed by atoms with Gasteiger partial charge in [0.2, 0.25) is 0 Å². The fourth-order valence-electron chi connectivity index (χ4n) is 3.11. The predicted molar refractivity (Wildman–Crippen MR) is 85.4 cm³/mol. The molecule has 112 valence electrons. The zero-order chi connectivity index (χ0) is 14.8. The van der Waals surface area contributed by atoms with Crippen LogP contribution in [0, 0.1) is 0 Å². The van der Waals surface area contributed by atoms with Crippen LogP contribution in [0.4, 0.5) is 0 Å². The predicted octanol–water partition coefficient (Wildman–Crippen LogP) is 2.56. The van der Waals surface area contributed by atoms with Crippen LogP contribution in [0.3, 0.4) is 0 Å². The molecule has 1 aromatic heterocycles. The lowest BCUT2D eigenvalue weighted by Gasteiger charge is -2.36. The van der Waals surface area contributed by atoms with Gasteiger partial charge in [-0.25, -0.2) is 4.98 Å². The average Bonchev–Trinajstić information content (AvgIpc) is 2.49. The van der Waals surface area contributed by atoms with E-state index in [1.807, 2.05) is 12.1 Å². The second-order valence-corrected chi connectivity index (χ2v) is 5.94. The van der Waals surface area contributed by atoms with Gasteiger partial charge < -0.3 is 10.5 Å². The maximum absolute atomic E-state index is 6.03. The monoisotopic (exact) mass is 285 g/mol. The summed E-state index contributed by atoms with van der Waals surface area (Å²) < 4.78 is 5.41. The number of hydrogen-bond donors (Lipinski definition) is 1. The molecular weight excluding hydrogens is 262 g/mol. The van der Waals surface area contributed by atoms with E-state index in [0.717, 1.165) is 48.3 Å². The van der Waals surface area contributed by atoms with Crippen LogP contribution < -0.4 is 10.5 Å². The Kier molecular flexibility index (Phi) is 4.08. The number of benzene rings is 1. The number of aromatic nitrogens is 1. The Morgan fingerprint density at radius 1 is 1.33 bits per heavy atom. The number of nitrogens with zero attached hydrogens (tertiary/aromatic N) is 2. The molecule has 0 aliphatic carbocycles. The van der Waals surface area contributed by atoms with Crippen molar-refractivity contribution in [3.8, 4) is 5.75 Å². The lowest BCUT2D eigenvalue weighted by molar-refractivity contribution is 0.138. The summed E-state index contributed by atoms with van der Waals surface area (Å²) in [5.41, 5.74) is 8.07. The summed E-state index contributed by atoms with van der Waals surface area (Å²) >= 11 is 0. The lowest BCUT2D eigenvalue weighted by atomic mass is 9.99. The average molecular weight is 285 g/mol. The third-order valence-electron chi connectivity index (χ3n) is 4.38. The van der Waals surface area contributed by atoms with Crippen molar-refractivity contribution in [1.29, 1.82) is 0 Å². The van der Waals surface area contributed by atoms with E-state index < -0.39 is 0 Å². The summed E-state index contributed by atoms with van der Waals surface area (Å²) in [6.45, 7) is 4.18. The molecule has 21 heavy (non-hydrogen) atoms. The molecule has 1 aliphatic rings. The first-order chi connectivity index (χ1) is 10.2. The summed E-state index contributed by atoms with van der Waals surface area (Å²) in [5, 5.41) is 1.12. The van der Waals surface area contributed by atoms with Crippen LogP contribution in [-0.4, -0.2) is 35.6 Å². The van der Waals surface area contributed by atoms with Gasteiger partial charge in [0.15, 0.2) is 0 Å². The molecule has 2 N–H and O–H groups in total. The second kappa shape index (κ2) is 6.00. The highest BCUT2D eigenvalue weighted by Crippen LogP contribution is 2.25. The summed E-state index contributed by atoms with van der Waals surface area (Å²) in [5.74, 6) is 0.836. The van der Waals surface area contributed by atoms with E-state index in [1.54, 1.807) is 7.11 Å². The van der Waals surface area contributed by atoms with Crippen molar-refractivity contribution < 1.29 is 4.74 Å². The highest BCUT2D eigenvalue weighted by Gasteiger charge is 2.23. The molecule has 4 heteroatoms. The Morgan fingerprint density at radius 2 is 2.19 bits per heavy atom. The molecule has 1 fully saturated rings. The van der Waals surface area contributed by atoms with Crippen LogP contribution in [0.15, 0.2) is 30.3 Å². The van der Waals surface area contributed by atoms with Gasteiger partial charge in [0, 0.05) is 30.6 Å². The first-order valence-corrected chi connectivity index (χ1v) is 7.59. The summed E-state index contributed by atoms with van der Waals surface area (Å²) in [6, 6.07) is 11.1. The quantitative estimate of drug-likeness (QED) is 0.941. The van der Waals surface area contributed by atoms with Gasteiger partial charge in [-0.15, -0.1) is 0 Å². The lowest BCUT2D eigenvalue weighted by Crippen LogP contribution is -2.45. The topological polar surface area (TPSA) is 51.4 Å². The van der Waals surface area contributed by atoms with Crippen molar-refractivity contribution in [2.24, 2.45) is 5.73 Å². The third-order valence-corrected chi connectivity index (χ3v) is 4.38. The Hall–Kier alpha value is -1.65. The van der Waals surface area contributed by atoms with Gasteiger partial charge in [-0.05, 0) is 31.9 Å². The van der Waals surface area contributed by atoms with E-state index in [4.69, 9.17) is 15.5 Å². The summed E-state index contributed by atoms with van der Waals surface area (Å²) in [6.07, 6.45) is 2.14. The second-order valence-electron chi connectivity index (χ2n) is 5.94. The molecule has 0 amide bonds. The Bertz CT molecular complexity index is 628. The maximum atomic E-state index is 6.03. The molecular formula is C17H23N3O. The maximum Gasteiger partial charge on any atom is 0.145 e. The standard InChI is InChI=1S/C17H23N3O/c1-12-10-14(18)8-9-20(12)11-15-7-6-13-4-3-5-16(21-2)17(13)19-15/h3-7,12,14H,8-11,18H2,1-2H3. The normalized spacial score (nSPS) is 23.4. The molecule has 0 radical (unpaired) electrons. The molecule has 2 atom stereocenters. The largest absolute Gasteiger partial charge is 0.494 e. The third kappa shape index (κ3) is 3.01. The molecule has 2 unspecified atom stereocenters. The van der Waals surface area contributed by atoms with Crippen molar-refractivity contribution in [2.75, 3.05) is 13.7 Å². The number of piperidine rings is 1. The fourth-order valence-corrected chi connectivity index (χ4v) is 3.11. The molecule has 4 nitrogen and oxygen atoms in total. The van der Waals surface area contributed by atoms with E-state index in [0.29, 0.717) is 12.1 Å². The van der Waals surface area contributed by atoms with Crippen molar-refractivity contribution in [3.05, 3.63) is 36.0 Å². The minimum atomic E-state index is 0.348. The molecule has 1 saturated heterocycles. The Morgan fingerprint density at radius 3 is 2.95 bits per heavy atom. The van der Waals surface area contributed by atoms with Crippen molar-refractivity contribution in [1.82, 2.24) is 9.88 Å². The highest BCUT2D eigenvalue weighted by molar-refractivity contribution is 5.84. The van der Waals surface area contributed by atoms with Crippen molar-refractivity contribution >= 4 is 10.9 Å². The van der Waals surface area contributed by atoms with Crippen molar-refractivity contribution in [3.63, 3.8) is 0 Å². The minimum Gasteiger partial charge on any atom is -0.494 e. The van der Waals surface area contributed by atoms with Crippen LogP contribution in [0.5, 0.6) is 5.75 Å². The van der Waals surface area contributed by atoms with Gasteiger partial charge in [-0.1, -0.05) is 18.2 Å². The van der Waals surface area contributed by atoms with E-state index in [-0.39, 0.29) is 0 Å². The van der Waals surface area contributed by atoms with Gasteiger partial charge in [-0.2, -0.15) is 0 Å². The number of para-hydroxylation sites is 1. The van der Waals surface area contributed by atoms with Crippen LogP contribution in [-0.2, 0) is 6.54 Å². The molecule has 2 heterocycles. The molecule has 1 aliphatic heterocycles. The van der Waals surface area contributed by atoms with E-state index >= 15 is 0 Å². The molecule has 0 saturated carbocycles.